The van der Waals surface area contributed by atoms with Gasteiger partial charge >= 0.3 is 0 Å². The lowest BCUT2D eigenvalue weighted by molar-refractivity contribution is -0.114. The van der Waals surface area contributed by atoms with Crippen molar-refractivity contribution >= 4 is 34.3 Å². The van der Waals surface area contributed by atoms with Crippen molar-refractivity contribution in [3.05, 3.63) is 41.5 Å². The van der Waals surface area contributed by atoms with Crippen LogP contribution in [0.1, 0.15) is 25.0 Å². The van der Waals surface area contributed by atoms with E-state index in [0.717, 1.165) is 5.52 Å². The first-order valence-electron chi connectivity index (χ1n) is 8.02. The van der Waals surface area contributed by atoms with Crippen molar-refractivity contribution in [2.75, 3.05) is 10.6 Å². The van der Waals surface area contributed by atoms with E-state index in [-0.39, 0.29) is 17.2 Å². The highest BCUT2D eigenvalue weighted by molar-refractivity contribution is 5.98. The second-order valence-corrected chi connectivity index (χ2v) is 5.84. The highest BCUT2D eigenvalue weighted by atomic mass is 19.1. The molecule has 8 heteroatoms. The molecule has 0 bridgehead atoms. The summed E-state index contributed by atoms with van der Waals surface area (Å²) in [5, 5.41) is 14.6. The summed E-state index contributed by atoms with van der Waals surface area (Å²) in [6.45, 7) is 3.26. The number of benzene rings is 1. The Morgan fingerprint density at radius 3 is 2.81 bits per heavy atom. The summed E-state index contributed by atoms with van der Waals surface area (Å²) in [5.41, 5.74) is 2.46. The molecule has 0 radical (unpaired) electrons. The van der Waals surface area contributed by atoms with Gasteiger partial charge in [0.25, 0.3) is 0 Å². The summed E-state index contributed by atoms with van der Waals surface area (Å²) >= 11 is 0. The third-order valence-corrected chi connectivity index (χ3v) is 3.94. The molecule has 1 aromatic carbocycles. The molecule has 7 nitrogen and oxygen atoms in total. The Morgan fingerprint density at radius 1 is 1.38 bits per heavy atom. The van der Waals surface area contributed by atoms with Crippen LogP contribution in [-0.2, 0) is 18.3 Å². The van der Waals surface area contributed by atoms with Gasteiger partial charge in [-0.05, 0) is 24.1 Å². The minimum absolute atomic E-state index is 0.259. The van der Waals surface area contributed by atoms with Gasteiger partial charge in [0.2, 0.25) is 5.91 Å². The van der Waals surface area contributed by atoms with Crippen molar-refractivity contribution in [3.63, 3.8) is 0 Å². The number of nitrogens with zero attached hydrogens (tertiary/aromatic N) is 4. The molecule has 0 saturated heterocycles. The maximum Gasteiger partial charge on any atom is 0.222 e. The predicted octanol–water partition coefficient (Wildman–Crippen LogP) is 3.24. The van der Waals surface area contributed by atoms with Gasteiger partial charge in [-0.2, -0.15) is 5.26 Å². The number of pyridine rings is 1. The molecule has 0 aliphatic heterocycles. The van der Waals surface area contributed by atoms with E-state index in [1.165, 1.54) is 13.0 Å². The van der Waals surface area contributed by atoms with Crippen LogP contribution in [0.4, 0.5) is 21.7 Å². The fourth-order valence-electron chi connectivity index (χ4n) is 2.72. The molecule has 2 heterocycles. The Bertz CT molecular complexity index is 1050. The normalized spacial score (nSPS) is 10.6. The number of rotatable bonds is 4. The molecule has 0 fully saturated rings. The topological polar surface area (TPSA) is 95.6 Å². The monoisotopic (exact) mass is 352 g/mol. The largest absolute Gasteiger partial charge is 0.337 e. The zero-order valence-electron chi connectivity index (χ0n) is 14.6. The summed E-state index contributed by atoms with van der Waals surface area (Å²) in [6, 6.07) is 6.50. The maximum absolute atomic E-state index is 14.5. The van der Waals surface area contributed by atoms with Crippen molar-refractivity contribution in [2.24, 2.45) is 7.05 Å². The molecule has 26 heavy (non-hydrogen) atoms. The SMILES string of the molecule is CCc1cc(C#N)cc(F)c1Nc1cc2c(ncn2C)c(NC(C)=O)n1. The summed E-state index contributed by atoms with van der Waals surface area (Å²) in [5.74, 6) is -0.150. The molecule has 132 valence electrons. The number of fused-ring (bicyclic) bond motifs is 1. The van der Waals surface area contributed by atoms with E-state index in [1.807, 2.05) is 20.0 Å². The average molecular weight is 352 g/mol. The van der Waals surface area contributed by atoms with E-state index in [1.54, 1.807) is 23.0 Å². The van der Waals surface area contributed by atoms with Gasteiger partial charge in [0.1, 0.15) is 17.2 Å². The van der Waals surface area contributed by atoms with Crippen LogP contribution in [0.15, 0.2) is 24.5 Å². The first kappa shape index (κ1) is 17.4. The van der Waals surface area contributed by atoms with Gasteiger partial charge in [-0.3, -0.25) is 4.79 Å². The summed E-state index contributed by atoms with van der Waals surface area (Å²) in [4.78, 5) is 20.1. The summed E-state index contributed by atoms with van der Waals surface area (Å²) in [7, 11) is 1.82. The van der Waals surface area contributed by atoms with E-state index < -0.39 is 5.82 Å². The van der Waals surface area contributed by atoms with E-state index >= 15 is 0 Å². The first-order valence-corrected chi connectivity index (χ1v) is 8.02. The fraction of sp³-hybridized carbons (Fsp3) is 0.222. The van der Waals surface area contributed by atoms with Crippen LogP contribution < -0.4 is 10.6 Å². The molecule has 3 aromatic rings. The van der Waals surface area contributed by atoms with Crippen molar-refractivity contribution in [2.45, 2.75) is 20.3 Å². The highest BCUT2D eigenvalue weighted by Gasteiger charge is 2.15. The Balaban J connectivity index is 2.11. The van der Waals surface area contributed by atoms with Gasteiger partial charge in [-0.1, -0.05) is 6.92 Å². The molecule has 2 N–H and O–H groups in total. The summed E-state index contributed by atoms with van der Waals surface area (Å²) < 4.78 is 16.3. The summed E-state index contributed by atoms with van der Waals surface area (Å²) in [6.07, 6.45) is 2.16. The number of aryl methyl sites for hydroxylation is 2. The molecule has 2 aromatic heterocycles. The standard InChI is InChI=1S/C18H17FN6O/c1-4-12-5-11(8-20)6-13(19)16(12)23-15-7-14-17(21-9-25(14)3)18(24-15)22-10(2)26/h5-7,9H,4H2,1-3H3,(H2,22,23,24,26). The lowest BCUT2D eigenvalue weighted by atomic mass is 10.1. The first-order chi connectivity index (χ1) is 12.4. The van der Waals surface area contributed by atoms with Crippen molar-refractivity contribution in [3.8, 4) is 6.07 Å². The molecule has 0 aliphatic carbocycles. The van der Waals surface area contributed by atoms with Gasteiger partial charge in [0, 0.05) is 20.0 Å². The molecule has 0 unspecified atom stereocenters. The number of nitriles is 1. The number of carbonyl (C=O) groups is 1. The van der Waals surface area contributed by atoms with Gasteiger partial charge in [-0.25, -0.2) is 14.4 Å². The molecule has 3 rings (SSSR count). The van der Waals surface area contributed by atoms with Crippen LogP contribution in [-0.4, -0.2) is 20.4 Å². The zero-order chi connectivity index (χ0) is 18.8. The number of carbonyl (C=O) groups excluding carboxylic acids is 1. The Hall–Kier alpha value is -3.47. The maximum atomic E-state index is 14.5. The van der Waals surface area contributed by atoms with Crippen LogP contribution in [0.3, 0.4) is 0 Å². The minimum atomic E-state index is -0.533. The number of aromatic nitrogens is 3. The molecule has 0 saturated carbocycles. The van der Waals surface area contributed by atoms with Crippen LogP contribution >= 0.6 is 0 Å². The molecule has 0 spiro atoms. The van der Waals surface area contributed by atoms with E-state index in [2.05, 4.69) is 20.6 Å². The lowest BCUT2D eigenvalue weighted by Gasteiger charge is -2.14. The zero-order valence-corrected chi connectivity index (χ0v) is 14.6. The smallest absolute Gasteiger partial charge is 0.222 e. The number of anilines is 3. The van der Waals surface area contributed by atoms with Crippen molar-refractivity contribution in [1.29, 1.82) is 5.26 Å². The minimum Gasteiger partial charge on any atom is -0.337 e. The van der Waals surface area contributed by atoms with Crippen LogP contribution in [0.25, 0.3) is 11.0 Å². The van der Waals surface area contributed by atoms with Gasteiger partial charge in [0.15, 0.2) is 5.82 Å². The predicted molar refractivity (Wildman–Crippen MR) is 96.6 cm³/mol. The Kier molecular flexibility index (Phi) is 4.54. The van der Waals surface area contributed by atoms with E-state index in [9.17, 15) is 9.18 Å². The third-order valence-electron chi connectivity index (χ3n) is 3.94. The highest BCUT2D eigenvalue weighted by Crippen LogP contribution is 2.29. The van der Waals surface area contributed by atoms with Crippen LogP contribution in [0, 0.1) is 17.1 Å². The van der Waals surface area contributed by atoms with E-state index in [0.29, 0.717) is 29.1 Å². The number of amides is 1. The lowest BCUT2D eigenvalue weighted by Crippen LogP contribution is -2.10. The van der Waals surface area contributed by atoms with Gasteiger partial charge in [-0.15, -0.1) is 0 Å². The molecule has 1 amide bonds. The Morgan fingerprint density at radius 2 is 2.15 bits per heavy atom. The third kappa shape index (κ3) is 3.19. The van der Waals surface area contributed by atoms with E-state index in [4.69, 9.17) is 5.26 Å². The second-order valence-electron chi connectivity index (χ2n) is 5.84. The molecular weight excluding hydrogens is 335 g/mol. The number of hydrogen-bond donors (Lipinski definition) is 2. The van der Waals surface area contributed by atoms with Crippen molar-refractivity contribution < 1.29 is 9.18 Å². The second kappa shape index (κ2) is 6.80. The quantitative estimate of drug-likeness (QED) is 0.751. The van der Waals surface area contributed by atoms with Gasteiger partial charge < -0.3 is 15.2 Å². The van der Waals surface area contributed by atoms with Crippen LogP contribution in [0.5, 0.6) is 0 Å². The molecule has 0 aliphatic rings. The number of hydrogen-bond acceptors (Lipinski definition) is 5. The fourth-order valence-corrected chi connectivity index (χ4v) is 2.72. The Labute approximate surface area is 149 Å². The molecular formula is C18H17FN6O. The van der Waals surface area contributed by atoms with Crippen LogP contribution in [0.2, 0.25) is 0 Å². The molecule has 0 atom stereocenters. The number of nitrogens with one attached hydrogen (secondary N) is 2. The number of imidazole rings is 1. The van der Waals surface area contributed by atoms with Gasteiger partial charge in [0.05, 0.1) is 29.2 Å². The average Bonchev–Trinajstić information content (AvgIpc) is 2.97. The number of halogens is 1. The van der Waals surface area contributed by atoms with Crippen molar-refractivity contribution in [1.82, 2.24) is 14.5 Å².